The van der Waals surface area contributed by atoms with Crippen molar-refractivity contribution in [1.29, 1.82) is 0 Å². The van der Waals surface area contributed by atoms with Crippen LogP contribution in [0.2, 0.25) is 0 Å². The molecule has 2 aromatic carbocycles. The Morgan fingerprint density at radius 3 is 1.85 bits per heavy atom. The maximum absolute atomic E-state index is 6.18. The molecule has 144 valence electrons. The third-order valence-electron chi connectivity index (χ3n) is 4.88. The number of rotatable bonds is 10. The highest BCUT2D eigenvalue weighted by Crippen LogP contribution is 2.27. The van der Waals surface area contributed by atoms with Gasteiger partial charge in [-0.15, -0.1) is 11.6 Å². The quantitative estimate of drug-likeness (QED) is 0.522. The van der Waals surface area contributed by atoms with E-state index < -0.39 is 0 Å². The fourth-order valence-corrected chi connectivity index (χ4v) is 3.81. The molecule has 27 heavy (non-hydrogen) atoms. The fraction of sp³-hybridized carbons (Fsp3) is 0.391. The topological polar surface area (TPSA) is 15.7 Å². The van der Waals surface area contributed by atoms with Crippen molar-refractivity contribution in [3.8, 4) is 0 Å². The molecule has 4 heteroatoms. The van der Waals surface area contributed by atoms with Gasteiger partial charge in [0.05, 0.1) is 6.10 Å². The van der Waals surface area contributed by atoms with Crippen LogP contribution in [-0.2, 0) is 17.8 Å². The zero-order valence-corrected chi connectivity index (χ0v) is 16.8. The van der Waals surface area contributed by atoms with E-state index in [1.54, 1.807) is 0 Å². The minimum absolute atomic E-state index is 0.121. The first kappa shape index (κ1) is 19.8. The molecule has 1 aliphatic rings. The van der Waals surface area contributed by atoms with Gasteiger partial charge in [0.1, 0.15) is 6.17 Å². The Morgan fingerprint density at radius 2 is 1.41 bits per heavy atom. The van der Waals surface area contributed by atoms with E-state index in [0.29, 0.717) is 12.5 Å². The summed E-state index contributed by atoms with van der Waals surface area (Å²) in [4.78, 5) is 4.79. The van der Waals surface area contributed by atoms with Gasteiger partial charge >= 0.3 is 0 Å². The third kappa shape index (κ3) is 5.50. The Labute approximate surface area is 168 Å². The minimum Gasteiger partial charge on any atom is -0.374 e. The van der Waals surface area contributed by atoms with Crippen molar-refractivity contribution in [1.82, 2.24) is 9.80 Å². The van der Waals surface area contributed by atoms with Gasteiger partial charge in [0.15, 0.2) is 0 Å². The van der Waals surface area contributed by atoms with Crippen molar-refractivity contribution >= 4 is 11.6 Å². The minimum atomic E-state index is 0.121. The maximum Gasteiger partial charge on any atom is 0.128 e. The lowest BCUT2D eigenvalue weighted by molar-refractivity contribution is -0.0451. The highest BCUT2D eigenvalue weighted by molar-refractivity contribution is 6.17. The first-order chi connectivity index (χ1) is 13.3. The number of halogens is 1. The highest BCUT2D eigenvalue weighted by Gasteiger charge is 2.34. The van der Waals surface area contributed by atoms with Gasteiger partial charge in [0, 0.05) is 38.0 Å². The van der Waals surface area contributed by atoms with Crippen LogP contribution in [0.25, 0.3) is 0 Å². The van der Waals surface area contributed by atoms with E-state index in [4.69, 9.17) is 16.3 Å². The van der Waals surface area contributed by atoms with Gasteiger partial charge in [0.2, 0.25) is 0 Å². The molecule has 1 heterocycles. The van der Waals surface area contributed by atoms with Crippen LogP contribution in [0.5, 0.6) is 0 Å². The largest absolute Gasteiger partial charge is 0.374 e. The Kier molecular flexibility index (Phi) is 7.61. The molecule has 0 fully saturated rings. The summed E-state index contributed by atoms with van der Waals surface area (Å²) < 4.78 is 6.18. The second-order valence-electron chi connectivity index (χ2n) is 6.85. The van der Waals surface area contributed by atoms with E-state index in [0.717, 1.165) is 25.9 Å². The molecule has 0 saturated heterocycles. The number of nitrogens with zero attached hydrogens (tertiary/aromatic N) is 2. The Bertz CT molecular complexity index is 641. The Hall–Kier alpha value is -1.97. The maximum atomic E-state index is 6.18. The summed E-state index contributed by atoms with van der Waals surface area (Å²) in [6.07, 6.45) is 6.62. The number of ether oxygens (including phenoxy) is 1. The van der Waals surface area contributed by atoms with Crippen LogP contribution in [0.1, 0.15) is 30.9 Å². The van der Waals surface area contributed by atoms with E-state index in [1.807, 2.05) is 0 Å². The van der Waals surface area contributed by atoms with Crippen LogP contribution in [0.15, 0.2) is 73.1 Å². The predicted molar refractivity (Wildman–Crippen MR) is 112 cm³/mol. The summed E-state index contributed by atoms with van der Waals surface area (Å²) in [5.74, 6) is 0.668. The molecule has 1 aliphatic heterocycles. The number of benzene rings is 2. The molecule has 0 radical (unpaired) electrons. The lowest BCUT2D eigenvalue weighted by Crippen LogP contribution is -2.48. The second-order valence-corrected chi connectivity index (χ2v) is 7.23. The molecule has 0 spiro atoms. The van der Waals surface area contributed by atoms with Gasteiger partial charge < -0.3 is 14.5 Å². The van der Waals surface area contributed by atoms with Crippen LogP contribution in [0.4, 0.5) is 0 Å². The molecule has 3 nitrogen and oxygen atoms in total. The number of hydrogen-bond donors (Lipinski definition) is 0. The molecular formula is C23H29ClN2O. The number of alkyl halides is 1. The van der Waals surface area contributed by atoms with Gasteiger partial charge in [-0.25, -0.2) is 0 Å². The Balaban J connectivity index is 1.80. The van der Waals surface area contributed by atoms with E-state index in [1.165, 1.54) is 11.1 Å². The highest BCUT2D eigenvalue weighted by atomic mass is 35.5. The second kappa shape index (κ2) is 10.4. The summed E-state index contributed by atoms with van der Waals surface area (Å²) in [6.45, 7) is 4.52. The van der Waals surface area contributed by atoms with Crippen molar-refractivity contribution in [2.24, 2.45) is 0 Å². The van der Waals surface area contributed by atoms with Gasteiger partial charge in [-0.05, 0) is 30.9 Å². The average Bonchev–Trinajstić information content (AvgIpc) is 3.08. The summed E-state index contributed by atoms with van der Waals surface area (Å²) in [5, 5.41) is 0. The molecule has 0 amide bonds. The van der Waals surface area contributed by atoms with Gasteiger partial charge in [-0.1, -0.05) is 60.7 Å². The normalized spacial score (nSPS) is 15.5. The smallest absolute Gasteiger partial charge is 0.128 e. The summed E-state index contributed by atoms with van der Waals surface area (Å²) in [7, 11) is 0. The van der Waals surface area contributed by atoms with Crippen molar-refractivity contribution in [3.63, 3.8) is 0 Å². The van der Waals surface area contributed by atoms with Crippen LogP contribution in [0, 0.1) is 0 Å². The molecule has 0 N–H and O–H groups in total. The summed E-state index contributed by atoms with van der Waals surface area (Å²) in [5.41, 5.74) is 2.61. The van der Waals surface area contributed by atoms with Gasteiger partial charge in [0.25, 0.3) is 0 Å². The fourth-order valence-electron chi connectivity index (χ4n) is 3.66. The molecule has 0 saturated carbocycles. The summed E-state index contributed by atoms with van der Waals surface area (Å²) >= 11 is 5.99. The first-order valence-electron chi connectivity index (χ1n) is 9.77. The van der Waals surface area contributed by atoms with E-state index >= 15 is 0 Å². The molecule has 1 unspecified atom stereocenters. The predicted octanol–water partition coefficient (Wildman–Crippen LogP) is 5.23. The molecular weight excluding hydrogens is 356 g/mol. The van der Waals surface area contributed by atoms with Crippen LogP contribution in [-0.4, -0.2) is 34.6 Å². The summed E-state index contributed by atoms with van der Waals surface area (Å²) in [6, 6.07) is 21.2. The van der Waals surface area contributed by atoms with Crippen molar-refractivity contribution < 1.29 is 4.74 Å². The average molecular weight is 385 g/mol. The number of hydrogen-bond acceptors (Lipinski definition) is 3. The molecule has 1 atom stereocenters. The standard InChI is InChI=1S/C23H29ClN2O/c1-2-27-22(14-9-15-24)23-25(18-20-10-5-3-6-11-20)16-17-26(23)19-21-12-7-4-8-13-21/h3-8,10-13,16-17,22-23H,2,9,14-15,18-19H2,1H3. The van der Waals surface area contributed by atoms with Crippen LogP contribution in [0.3, 0.4) is 0 Å². The van der Waals surface area contributed by atoms with Crippen molar-refractivity contribution in [3.05, 3.63) is 84.2 Å². The SMILES string of the molecule is CCOC(CCCCl)C1N(Cc2ccccc2)C=CN1Cc1ccccc1. The van der Waals surface area contributed by atoms with Crippen LogP contribution < -0.4 is 0 Å². The lowest BCUT2D eigenvalue weighted by Gasteiger charge is -2.38. The Morgan fingerprint density at radius 1 is 0.889 bits per heavy atom. The zero-order chi connectivity index (χ0) is 18.9. The lowest BCUT2D eigenvalue weighted by atomic mass is 10.1. The molecule has 0 aromatic heterocycles. The van der Waals surface area contributed by atoms with Crippen molar-refractivity contribution in [2.75, 3.05) is 12.5 Å². The van der Waals surface area contributed by atoms with E-state index in [2.05, 4.69) is 89.8 Å². The van der Waals surface area contributed by atoms with Crippen LogP contribution >= 0.6 is 11.6 Å². The van der Waals surface area contributed by atoms with Crippen molar-refractivity contribution in [2.45, 2.75) is 45.1 Å². The monoisotopic (exact) mass is 384 g/mol. The third-order valence-corrected chi connectivity index (χ3v) is 5.15. The van der Waals surface area contributed by atoms with Gasteiger partial charge in [-0.2, -0.15) is 0 Å². The first-order valence-corrected chi connectivity index (χ1v) is 10.3. The molecule has 3 rings (SSSR count). The molecule has 2 aromatic rings. The van der Waals surface area contributed by atoms with E-state index in [-0.39, 0.29) is 12.3 Å². The van der Waals surface area contributed by atoms with E-state index in [9.17, 15) is 0 Å². The molecule has 0 bridgehead atoms. The zero-order valence-electron chi connectivity index (χ0n) is 16.0. The van der Waals surface area contributed by atoms with Gasteiger partial charge in [-0.3, -0.25) is 0 Å². The molecule has 0 aliphatic carbocycles.